The Labute approximate surface area is 109 Å². The van der Waals surface area contributed by atoms with Crippen LogP contribution < -0.4 is 5.32 Å². The van der Waals surface area contributed by atoms with Crippen LogP contribution in [0.15, 0.2) is 0 Å². The summed E-state index contributed by atoms with van der Waals surface area (Å²) in [7, 11) is -3.22. The van der Waals surface area contributed by atoms with Gasteiger partial charge in [-0.05, 0) is 12.8 Å². The molecule has 3 N–H and O–H groups in total. The highest BCUT2D eigenvalue weighted by Crippen LogP contribution is 2.18. The smallest absolute Gasteiger partial charge is 0.326 e. The predicted molar refractivity (Wildman–Crippen MR) is 63.2 cm³/mol. The van der Waals surface area contributed by atoms with Crippen LogP contribution in [-0.2, 0) is 24.2 Å². The highest BCUT2D eigenvalue weighted by Gasteiger charge is 2.34. The fraction of sp³-hybridized carbons (Fsp3) is 0.700. The van der Waals surface area contributed by atoms with E-state index in [2.05, 4.69) is 5.32 Å². The number of carboxylic acids is 2. The average molecular weight is 293 g/mol. The number of hydrogen-bond donors (Lipinski definition) is 3. The number of carboxylic acid groups (broad SMARTS) is 2. The summed E-state index contributed by atoms with van der Waals surface area (Å²) in [4.78, 5) is 32.9. The molecule has 0 aromatic heterocycles. The Hall–Kier alpha value is -1.64. The minimum atomic E-state index is -3.22. The van der Waals surface area contributed by atoms with Gasteiger partial charge in [-0.1, -0.05) is 0 Å². The number of carbonyl (C=O) groups is 3. The van der Waals surface area contributed by atoms with Gasteiger partial charge in [0.2, 0.25) is 5.91 Å². The Morgan fingerprint density at radius 2 is 1.89 bits per heavy atom. The molecule has 0 bridgehead atoms. The van der Waals surface area contributed by atoms with Crippen molar-refractivity contribution in [2.45, 2.75) is 25.3 Å². The number of amides is 1. The van der Waals surface area contributed by atoms with Crippen LogP contribution in [0.3, 0.4) is 0 Å². The first kappa shape index (κ1) is 15.4. The van der Waals surface area contributed by atoms with Crippen LogP contribution >= 0.6 is 0 Å². The van der Waals surface area contributed by atoms with E-state index in [0.29, 0.717) is 0 Å². The third kappa shape index (κ3) is 4.86. The average Bonchev–Trinajstić information content (AvgIpc) is 2.64. The summed E-state index contributed by atoms with van der Waals surface area (Å²) in [6.07, 6.45) is -0.463. The van der Waals surface area contributed by atoms with Crippen LogP contribution in [0, 0.1) is 5.92 Å². The number of carbonyl (C=O) groups excluding carboxylic acids is 1. The summed E-state index contributed by atoms with van der Waals surface area (Å²) in [5.74, 6) is -4.28. The zero-order valence-electron chi connectivity index (χ0n) is 10.0. The Bertz CT molecular complexity index is 484. The molecular formula is C10H15NO7S. The van der Waals surface area contributed by atoms with Crippen LogP contribution in [0.1, 0.15) is 19.3 Å². The number of hydrogen-bond acceptors (Lipinski definition) is 5. The first-order valence-electron chi connectivity index (χ1n) is 5.66. The topological polar surface area (TPSA) is 138 Å². The number of rotatable bonds is 6. The van der Waals surface area contributed by atoms with Gasteiger partial charge in [-0.25, -0.2) is 13.2 Å². The second kappa shape index (κ2) is 6.00. The van der Waals surface area contributed by atoms with Crippen LogP contribution in [0.2, 0.25) is 0 Å². The third-order valence-corrected chi connectivity index (χ3v) is 4.63. The molecule has 1 heterocycles. The quantitative estimate of drug-likeness (QED) is 0.562. The van der Waals surface area contributed by atoms with Gasteiger partial charge in [0.1, 0.15) is 6.04 Å². The second-order valence-electron chi connectivity index (χ2n) is 4.43. The molecule has 1 fully saturated rings. The minimum absolute atomic E-state index is 0.0854. The van der Waals surface area contributed by atoms with E-state index in [9.17, 15) is 22.8 Å². The molecule has 1 aliphatic heterocycles. The Morgan fingerprint density at radius 1 is 1.26 bits per heavy atom. The third-order valence-electron chi connectivity index (χ3n) is 2.86. The number of sulfone groups is 1. The lowest BCUT2D eigenvalue weighted by Gasteiger charge is -2.15. The van der Waals surface area contributed by atoms with Crippen LogP contribution in [0.4, 0.5) is 0 Å². The van der Waals surface area contributed by atoms with Crippen molar-refractivity contribution in [3.8, 4) is 0 Å². The molecule has 1 aliphatic rings. The SMILES string of the molecule is O=C(O)CC[C@H](NC(=O)C1CCS(=O)(=O)C1)C(=O)O. The lowest BCUT2D eigenvalue weighted by Crippen LogP contribution is -2.44. The molecule has 1 amide bonds. The molecule has 0 aromatic carbocycles. The fourth-order valence-electron chi connectivity index (χ4n) is 1.82. The van der Waals surface area contributed by atoms with E-state index in [1.165, 1.54) is 0 Å². The van der Waals surface area contributed by atoms with Gasteiger partial charge in [-0.3, -0.25) is 9.59 Å². The summed E-state index contributed by atoms with van der Waals surface area (Å²) in [6.45, 7) is 0. The number of nitrogens with one attached hydrogen (secondary N) is 1. The molecule has 1 rings (SSSR count). The van der Waals surface area contributed by atoms with Crippen LogP contribution in [-0.4, -0.2) is 54.0 Å². The second-order valence-corrected chi connectivity index (χ2v) is 6.66. The Balaban J connectivity index is 2.57. The first-order valence-corrected chi connectivity index (χ1v) is 7.49. The van der Waals surface area contributed by atoms with Crippen molar-refractivity contribution in [2.24, 2.45) is 5.92 Å². The van der Waals surface area contributed by atoms with Gasteiger partial charge in [0.25, 0.3) is 0 Å². The maximum atomic E-state index is 11.7. The molecule has 8 nitrogen and oxygen atoms in total. The van der Waals surface area contributed by atoms with Crippen molar-refractivity contribution in [2.75, 3.05) is 11.5 Å². The van der Waals surface area contributed by atoms with Crippen molar-refractivity contribution in [3.63, 3.8) is 0 Å². The van der Waals surface area contributed by atoms with Gasteiger partial charge >= 0.3 is 11.9 Å². The molecule has 9 heteroatoms. The predicted octanol–water partition coefficient (Wildman–Crippen LogP) is -1.14. The highest BCUT2D eigenvalue weighted by atomic mass is 32.2. The summed E-state index contributed by atoms with van der Waals surface area (Å²) < 4.78 is 22.4. The van der Waals surface area contributed by atoms with E-state index in [-0.39, 0.29) is 30.8 Å². The van der Waals surface area contributed by atoms with Gasteiger partial charge < -0.3 is 15.5 Å². The molecule has 108 valence electrons. The summed E-state index contributed by atoms with van der Waals surface area (Å²) >= 11 is 0. The van der Waals surface area contributed by atoms with Crippen molar-refractivity contribution >= 4 is 27.7 Å². The zero-order valence-corrected chi connectivity index (χ0v) is 10.9. The van der Waals surface area contributed by atoms with Gasteiger partial charge in [-0.15, -0.1) is 0 Å². The maximum absolute atomic E-state index is 11.7. The van der Waals surface area contributed by atoms with Gasteiger partial charge in [-0.2, -0.15) is 0 Å². The molecule has 0 radical (unpaired) electrons. The van der Waals surface area contributed by atoms with E-state index in [0.717, 1.165) is 0 Å². The number of aliphatic carboxylic acids is 2. The molecular weight excluding hydrogens is 278 g/mol. The van der Waals surface area contributed by atoms with Gasteiger partial charge in [0.05, 0.1) is 17.4 Å². The van der Waals surface area contributed by atoms with Crippen molar-refractivity contribution in [3.05, 3.63) is 0 Å². The van der Waals surface area contributed by atoms with Crippen LogP contribution in [0.5, 0.6) is 0 Å². The molecule has 19 heavy (non-hydrogen) atoms. The van der Waals surface area contributed by atoms with E-state index in [1.807, 2.05) is 0 Å². The molecule has 1 unspecified atom stereocenters. The van der Waals surface area contributed by atoms with Gasteiger partial charge in [0, 0.05) is 6.42 Å². The zero-order chi connectivity index (χ0) is 14.6. The van der Waals surface area contributed by atoms with E-state index in [1.54, 1.807) is 0 Å². The largest absolute Gasteiger partial charge is 0.481 e. The minimum Gasteiger partial charge on any atom is -0.481 e. The molecule has 0 aliphatic carbocycles. The Morgan fingerprint density at radius 3 is 2.32 bits per heavy atom. The van der Waals surface area contributed by atoms with E-state index < -0.39 is 39.6 Å². The molecule has 0 spiro atoms. The fourth-order valence-corrected chi connectivity index (χ4v) is 3.56. The maximum Gasteiger partial charge on any atom is 0.326 e. The van der Waals surface area contributed by atoms with E-state index in [4.69, 9.17) is 10.2 Å². The van der Waals surface area contributed by atoms with Crippen molar-refractivity contribution in [1.82, 2.24) is 5.32 Å². The standard InChI is InChI=1S/C10H15NO7S/c12-8(13)2-1-7(10(15)16)11-9(14)6-3-4-19(17,18)5-6/h6-7H,1-5H2,(H,11,14)(H,12,13)(H,15,16)/t6?,7-/m0/s1. The van der Waals surface area contributed by atoms with Crippen molar-refractivity contribution < 1.29 is 33.0 Å². The summed E-state index contributed by atoms with van der Waals surface area (Å²) in [5.41, 5.74) is 0. The van der Waals surface area contributed by atoms with Crippen molar-refractivity contribution in [1.29, 1.82) is 0 Å². The molecule has 1 saturated heterocycles. The van der Waals surface area contributed by atoms with Gasteiger partial charge in [0.15, 0.2) is 9.84 Å². The summed E-state index contributed by atoms with van der Waals surface area (Å²) in [6, 6.07) is -1.31. The van der Waals surface area contributed by atoms with E-state index >= 15 is 0 Å². The summed E-state index contributed by atoms with van der Waals surface area (Å²) in [5, 5.41) is 19.5. The lowest BCUT2D eigenvalue weighted by atomic mass is 10.1. The molecule has 2 atom stereocenters. The normalized spacial score (nSPS) is 22.6. The molecule has 0 aromatic rings. The highest BCUT2D eigenvalue weighted by molar-refractivity contribution is 7.91. The first-order chi connectivity index (χ1) is 8.71. The lowest BCUT2D eigenvalue weighted by molar-refractivity contribution is -0.143. The monoisotopic (exact) mass is 293 g/mol. The molecule has 0 saturated carbocycles. The Kier molecular flexibility index (Phi) is 4.87. The van der Waals surface area contributed by atoms with Crippen LogP contribution in [0.25, 0.3) is 0 Å².